The number of aliphatic imine (C=N–C) groups is 1. The highest BCUT2D eigenvalue weighted by atomic mass is 14.7. The normalized spacial score (nSPS) is 15.9. The van der Waals surface area contributed by atoms with E-state index in [1.54, 1.807) is 0 Å². The average Bonchev–Trinajstić information content (AvgIpc) is 2.37. The number of nitrogens with zero attached hydrogens (tertiary/aromatic N) is 1. The van der Waals surface area contributed by atoms with Crippen LogP contribution in [0.3, 0.4) is 0 Å². The van der Waals surface area contributed by atoms with Crippen LogP contribution in [-0.2, 0) is 0 Å². The van der Waals surface area contributed by atoms with Gasteiger partial charge >= 0.3 is 0 Å². The van der Waals surface area contributed by atoms with Crippen LogP contribution in [0.2, 0.25) is 0 Å². The predicted molar refractivity (Wildman–Crippen MR) is 40.6 cm³/mol. The molecule has 1 rings (SSSR count). The molecule has 1 heteroatoms. The van der Waals surface area contributed by atoms with E-state index in [9.17, 15) is 0 Å². The molecule has 0 aromatic rings. The molecular formula is C8H11N. The fourth-order valence-corrected chi connectivity index (χ4v) is 0.799. The summed E-state index contributed by atoms with van der Waals surface area (Å²) >= 11 is 0. The van der Waals surface area contributed by atoms with Gasteiger partial charge in [0.05, 0.1) is 0 Å². The second-order valence-corrected chi connectivity index (χ2v) is 2.12. The van der Waals surface area contributed by atoms with E-state index in [-0.39, 0.29) is 0 Å². The van der Waals surface area contributed by atoms with Crippen LogP contribution >= 0.6 is 0 Å². The molecule has 0 saturated heterocycles. The zero-order chi connectivity index (χ0) is 6.69. The molecule has 0 amide bonds. The molecular weight excluding hydrogens is 110 g/mol. The summed E-state index contributed by atoms with van der Waals surface area (Å²) in [6.07, 6.45) is 5.89. The van der Waals surface area contributed by atoms with Gasteiger partial charge in [-0.15, -0.1) is 0 Å². The van der Waals surface area contributed by atoms with Crippen molar-refractivity contribution in [1.29, 1.82) is 0 Å². The van der Waals surface area contributed by atoms with Crippen LogP contribution in [0.15, 0.2) is 29.4 Å². The summed E-state index contributed by atoms with van der Waals surface area (Å²) in [6, 6.07) is 0. The Labute approximate surface area is 55.8 Å². The van der Waals surface area contributed by atoms with Crippen molar-refractivity contribution in [3.63, 3.8) is 0 Å². The molecule has 0 N–H and O–H groups in total. The maximum absolute atomic E-state index is 4.14. The summed E-state index contributed by atoms with van der Waals surface area (Å²) in [7, 11) is 0. The van der Waals surface area contributed by atoms with Crippen molar-refractivity contribution >= 4 is 5.71 Å². The van der Waals surface area contributed by atoms with Gasteiger partial charge in [0.15, 0.2) is 0 Å². The SMILES string of the molecule is C=C(CC)C1=NC=CC1. The highest BCUT2D eigenvalue weighted by Gasteiger charge is 2.02. The van der Waals surface area contributed by atoms with E-state index in [1.807, 2.05) is 6.20 Å². The summed E-state index contributed by atoms with van der Waals surface area (Å²) in [5, 5.41) is 0. The van der Waals surface area contributed by atoms with Crippen molar-refractivity contribution in [2.75, 3.05) is 0 Å². The van der Waals surface area contributed by atoms with Crippen LogP contribution in [0.1, 0.15) is 19.8 Å². The molecule has 0 aliphatic carbocycles. The minimum atomic E-state index is 0.979. The lowest BCUT2D eigenvalue weighted by Gasteiger charge is -1.98. The lowest BCUT2D eigenvalue weighted by molar-refractivity contribution is 1.17. The van der Waals surface area contributed by atoms with Gasteiger partial charge in [-0.1, -0.05) is 19.6 Å². The molecule has 1 heterocycles. The third-order valence-electron chi connectivity index (χ3n) is 1.48. The highest BCUT2D eigenvalue weighted by Crippen LogP contribution is 2.09. The molecule has 0 bridgehead atoms. The number of rotatable bonds is 2. The maximum atomic E-state index is 4.14. The predicted octanol–water partition coefficient (Wildman–Crippen LogP) is 2.31. The van der Waals surface area contributed by atoms with Gasteiger partial charge in [0, 0.05) is 18.3 Å². The zero-order valence-electron chi connectivity index (χ0n) is 5.72. The fourth-order valence-electron chi connectivity index (χ4n) is 0.799. The molecule has 1 aliphatic heterocycles. The number of hydrogen-bond donors (Lipinski definition) is 0. The number of hydrogen-bond acceptors (Lipinski definition) is 1. The second-order valence-electron chi connectivity index (χ2n) is 2.12. The van der Waals surface area contributed by atoms with E-state index < -0.39 is 0 Å². The molecule has 0 saturated carbocycles. The zero-order valence-corrected chi connectivity index (χ0v) is 5.72. The standard InChI is InChI=1S/C8H11N/c1-3-7(2)8-5-4-6-9-8/h4,6H,2-3,5H2,1H3. The molecule has 0 aromatic carbocycles. The molecule has 0 atom stereocenters. The lowest BCUT2D eigenvalue weighted by atomic mass is 10.1. The van der Waals surface area contributed by atoms with Crippen LogP contribution in [-0.4, -0.2) is 5.71 Å². The Morgan fingerprint density at radius 2 is 2.67 bits per heavy atom. The van der Waals surface area contributed by atoms with Crippen molar-refractivity contribution in [2.24, 2.45) is 4.99 Å². The third kappa shape index (κ3) is 1.28. The van der Waals surface area contributed by atoms with E-state index >= 15 is 0 Å². The van der Waals surface area contributed by atoms with Crippen LogP contribution in [0.4, 0.5) is 0 Å². The molecule has 48 valence electrons. The summed E-state index contributed by atoms with van der Waals surface area (Å²) < 4.78 is 0. The Bertz CT molecular complexity index is 175. The lowest BCUT2D eigenvalue weighted by Crippen LogP contribution is -1.95. The minimum Gasteiger partial charge on any atom is -0.261 e. The van der Waals surface area contributed by atoms with Crippen molar-refractivity contribution in [1.82, 2.24) is 0 Å². The quantitative estimate of drug-likeness (QED) is 0.531. The van der Waals surface area contributed by atoms with Crippen LogP contribution in [0.25, 0.3) is 0 Å². The first-order valence-corrected chi connectivity index (χ1v) is 3.24. The largest absolute Gasteiger partial charge is 0.261 e. The molecule has 1 nitrogen and oxygen atoms in total. The molecule has 1 aliphatic rings. The van der Waals surface area contributed by atoms with Gasteiger partial charge in [0.1, 0.15) is 0 Å². The molecule has 9 heavy (non-hydrogen) atoms. The van der Waals surface area contributed by atoms with Crippen molar-refractivity contribution in [3.05, 3.63) is 24.4 Å². The van der Waals surface area contributed by atoms with Gasteiger partial charge in [-0.3, -0.25) is 4.99 Å². The summed E-state index contributed by atoms with van der Waals surface area (Å²) in [4.78, 5) is 4.14. The van der Waals surface area contributed by atoms with Crippen molar-refractivity contribution in [2.45, 2.75) is 19.8 Å². The first-order valence-electron chi connectivity index (χ1n) is 3.24. The first-order chi connectivity index (χ1) is 4.34. The van der Waals surface area contributed by atoms with E-state index in [2.05, 4.69) is 24.6 Å². The van der Waals surface area contributed by atoms with Gasteiger partial charge < -0.3 is 0 Å². The monoisotopic (exact) mass is 121 g/mol. The van der Waals surface area contributed by atoms with Crippen LogP contribution in [0.5, 0.6) is 0 Å². The highest BCUT2D eigenvalue weighted by molar-refractivity contribution is 6.01. The second kappa shape index (κ2) is 2.62. The summed E-state index contributed by atoms with van der Waals surface area (Å²) in [5.41, 5.74) is 2.32. The van der Waals surface area contributed by atoms with Crippen molar-refractivity contribution in [3.8, 4) is 0 Å². The van der Waals surface area contributed by atoms with E-state index in [0.29, 0.717) is 0 Å². The Kier molecular flexibility index (Phi) is 1.83. The third-order valence-corrected chi connectivity index (χ3v) is 1.48. The Balaban J connectivity index is 2.55. The average molecular weight is 121 g/mol. The van der Waals surface area contributed by atoms with Gasteiger partial charge in [-0.2, -0.15) is 0 Å². The molecule has 0 fully saturated rings. The Morgan fingerprint density at radius 3 is 3.11 bits per heavy atom. The van der Waals surface area contributed by atoms with Gasteiger partial charge in [-0.25, -0.2) is 0 Å². The fraction of sp³-hybridized carbons (Fsp3) is 0.375. The van der Waals surface area contributed by atoms with Crippen molar-refractivity contribution < 1.29 is 0 Å². The van der Waals surface area contributed by atoms with Gasteiger partial charge in [0.2, 0.25) is 0 Å². The molecule has 0 radical (unpaired) electrons. The summed E-state index contributed by atoms with van der Waals surface area (Å²) in [6.45, 7) is 5.98. The summed E-state index contributed by atoms with van der Waals surface area (Å²) in [5.74, 6) is 0. The van der Waals surface area contributed by atoms with Gasteiger partial charge in [-0.05, 0) is 12.0 Å². The topological polar surface area (TPSA) is 12.4 Å². The molecule has 0 unspecified atom stereocenters. The smallest absolute Gasteiger partial charge is 0.0467 e. The minimum absolute atomic E-state index is 0.979. The van der Waals surface area contributed by atoms with E-state index in [1.165, 1.54) is 5.57 Å². The Hall–Kier alpha value is -0.850. The number of allylic oxidation sites excluding steroid dienone is 2. The molecule has 0 aromatic heterocycles. The first kappa shape index (κ1) is 6.27. The molecule has 0 spiro atoms. The van der Waals surface area contributed by atoms with E-state index in [0.717, 1.165) is 18.6 Å². The Morgan fingerprint density at radius 1 is 1.89 bits per heavy atom. The van der Waals surface area contributed by atoms with Crippen LogP contribution < -0.4 is 0 Å². The van der Waals surface area contributed by atoms with Gasteiger partial charge in [0.25, 0.3) is 0 Å². The van der Waals surface area contributed by atoms with E-state index in [4.69, 9.17) is 0 Å². The van der Waals surface area contributed by atoms with Crippen LogP contribution in [0, 0.1) is 0 Å². The maximum Gasteiger partial charge on any atom is 0.0467 e.